The van der Waals surface area contributed by atoms with Crippen LogP contribution in [-0.4, -0.2) is 41.1 Å². The molecule has 208 valence electrons. The van der Waals surface area contributed by atoms with Crippen LogP contribution in [0.25, 0.3) is 0 Å². The van der Waals surface area contributed by atoms with E-state index in [2.05, 4.69) is 5.32 Å². The molecule has 2 aliphatic rings. The summed E-state index contributed by atoms with van der Waals surface area (Å²) in [5.74, 6) is 0.653. The zero-order chi connectivity index (χ0) is 28.3. The molecule has 1 atom stereocenters. The van der Waals surface area contributed by atoms with Gasteiger partial charge in [-0.3, -0.25) is 9.59 Å². The molecule has 3 aromatic carbocycles. The van der Waals surface area contributed by atoms with Gasteiger partial charge in [-0.2, -0.15) is 0 Å². The molecule has 7 nitrogen and oxygen atoms in total. The number of rotatable bonds is 9. The zero-order valence-electron chi connectivity index (χ0n) is 23.7. The lowest BCUT2D eigenvalue weighted by Crippen LogP contribution is -2.44. The minimum atomic E-state index is -0.438. The van der Waals surface area contributed by atoms with Gasteiger partial charge in [0.15, 0.2) is 0 Å². The van der Waals surface area contributed by atoms with Gasteiger partial charge < -0.3 is 24.3 Å². The van der Waals surface area contributed by atoms with Crippen LogP contribution in [0.3, 0.4) is 0 Å². The van der Waals surface area contributed by atoms with E-state index in [1.165, 1.54) is 0 Å². The standard InChI is InChI=1S/C32H37BN2O5/c1-31(2)32(3,4)40-33(39-31)26-14-10-25(11-15-26)22-38-27-16-12-23(13-17-27)20-34-30(37)28-18-19-29(36)35(28)21-24-8-6-5-7-9-24/h5-17,28H,18-22H2,1-4H3,(H,34,37)/t28-/m1/s1. The van der Waals surface area contributed by atoms with Crippen LogP contribution in [0.2, 0.25) is 0 Å². The highest BCUT2D eigenvalue weighted by Gasteiger charge is 2.51. The topological polar surface area (TPSA) is 77.1 Å². The molecular weight excluding hydrogens is 503 g/mol. The molecule has 0 radical (unpaired) electrons. The van der Waals surface area contributed by atoms with Crippen molar-refractivity contribution in [3.8, 4) is 5.75 Å². The van der Waals surface area contributed by atoms with Gasteiger partial charge in [-0.05, 0) is 68.4 Å². The van der Waals surface area contributed by atoms with Crippen molar-refractivity contribution in [2.45, 2.75) is 77.5 Å². The van der Waals surface area contributed by atoms with E-state index in [0.717, 1.165) is 27.9 Å². The summed E-state index contributed by atoms with van der Waals surface area (Å²) in [5.41, 5.74) is 3.28. The number of nitrogens with zero attached hydrogens (tertiary/aromatic N) is 1. The highest BCUT2D eigenvalue weighted by Crippen LogP contribution is 2.36. The Morgan fingerprint density at radius 1 is 0.900 bits per heavy atom. The number of hydrogen-bond acceptors (Lipinski definition) is 5. The Balaban J connectivity index is 1.09. The molecule has 2 heterocycles. The average molecular weight is 540 g/mol. The van der Waals surface area contributed by atoms with Gasteiger partial charge in [0.25, 0.3) is 0 Å². The number of nitrogens with one attached hydrogen (secondary N) is 1. The summed E-state index contributed by atoms with van der Waals surface area (Å²) >= 11 is 0. The van der Waals surface area contributed by atoms with E-state index in [0.29, 0.717) is 32.5 Å². The first-order chi connectivity index (χ1) is 19.1. The number of amides is 2. The van der Waals surface area contributed by atoms with E-state index in [-0.39, 0.29) is 30.1 Å². The van der Waals surface area contributed by atoms with Crippen molar-refractivity contribution in [2.75, 3.05) is 0 Å². The summed E-state index contributed by atoms with van der Waals surface area (Å²) in [6.07, 6.45) is 0.945. The SMILES string of the molecule is CC1(C)OB(c2ccc(COc3ccc(CNC(=O)[C@H]4CCC(=O)N4Cc4ccccc4)cc3)cc2)OC1(C)C. The van der Waals surface area contributed by atoms with Crippen LogP contribution in [-0.2, 0) is 38.6 Å². The number of carbonyl (C=O) groups is 2. The van der Waals surface area contributed by atoms with Crippen molar-refractivity contribution in [2.24, 2.45) is 0 Å². The summed E-state index contributed by atoms with van der Waals surface area (Å²) in [6.45, 7) is 9.47. The van der Waals surface area contributed by atoms with Gasteiger partial charge in [-0.1, -0.05) is 66.7 Å². The number of hydrogen-bond donors (Lipinski definition) is 1. The number of carbonyl (C=O) groups excluding carboxylic acids is 2. The quantitative estimate of drug-likeness (QED) is 0.408. The van der Waals surface area contributed by atoms with Crippen molar-refractivity contribution in [3.05, 3.63) is 95.6 Å². The van der Waals surface area contributed by atoms with Gasteiger partial charge in [-0.15, -0.1) is 0 Å². The van der Waals surface area contributed by atoms with Gasteiger partial charge in [0.1, 0.15) is 18.4 Å². The van der Waals surface area contributed by atoms with E-state index >= 15 is 0 Å². The van der Waals surface area contributed by atoms with Gasteiger partial charge in [0, 0.05) is 19.5 Å². The first kappa shape index (κ1) is 27.9. The van der Waals surface area contributed by atoms with E-state index in [4.69, 9.17) is 14.0 Å². The normalized spacial score (nSPS) is 19.6. The van der Waals surface area contributed by atoms with Crippen LogP contribution in [0.1, 0.15) is 57.2 Å². The molecule has 2 saturated heterocycles. The molecule has 2 fully saturated rings. The van der Waals surface area contributed by atoms with Crippen molar-refractivity contribution < 1.29 is 23.6 Å². The van der Waals surface area contributed by atoms with E-state index < -0.39 is 6.04 Å². The van der Waals surface area contributed by atoms with Crippen molar-refractivity contribution >= 4 is 24.4 Å². The lowest BCUT2D eigenvalue weighted by molar-refractivity contribution is -0.135. The van der Waals surface area contributed by atoms with Crippen LogP contribution in [0, 0.1) is 0 Å². The summed E-state index contributed by atoms with van der Waals surface area (Å²) in [4.78, 5) is 27.0. The molecular formula is C32H37BN2O5. The molecule has 0 aliphatic carbocycles. The Hall–Kier alpha value is -3.62. The molecule has 0 spiro atoms. The van der Waals surface area contributed by atoms with E-state index in [1.807, 2.05) is 107 Å². The molecule has 2 aliphatic heterocycles. The van der Waals surface area contributed by atoms with Gasteiger partial charge in [-0.25, -0.2) is 0 Å². The minimum Gasteiger partial charge on any atom is -0.489 e. The maximum absolute atomic E-state index is 12.9. The van der Waals surface area contributed by atoms with Crippen molar-refractivity contribution in [1.29, 1.82) is 0 Å². The third-order valence-electron chi connectivity index (χ3n) is 8.13. The first-order valence-corrected chi connectivity index (χ1v) is 13.9. The zero-order valence-corrected chi connectivity index (χ0v) is 23.7. The fourth-order valence-corrected chi connectivity index (χ4v) is 4.91. The predicted octanol–water partition coefficient (Wildman–Crippen LogP) is 4.37. The highest BCUT2D eigenvalue weighted by atomic mass is 16.7. The lowest BCUT2D eigenvalue weighted by atomic mass is 9.79. The summed E-state index contributed by atoms with van der Waals surface area (Å²) < 4.78 is 18.2. The maximum atomic E-state index is 12.9. The van der Waals surface area contributed by atoms with E-state index in [1.54, 1.807) is 4.90 Å². The molecule has 8 heteroatoms. The van der Waals surface area contributed by atoms with Crippen LogP contribution in [0.5, 0.6) is 5.75 Å². The van der Waals surface area contributed by atoms with Crippen LogP contribution < -0.4 is 15.5 Å². The van der Waals surface area contributed by atoms with E-state index in [9.17, 15) is 9.59 Å². The molecule has 0 aromatic heterocycles. The average Bonchev–Trinajstić information content (AvgIpc) is 3.41. The van der Waals surface area contributed by atoms with Gasteiger partial charge in [0.2, 0.25) is 11.8 Å². The summed E-state index contributed by atoms with van der Waals surface area (Å²) in [5, 5.41) is 3.00. The van der Waals surface area contributed by atoms with Crippen LogP contribution >= 0.6 is 0 Å². The molecule has 3 aromatic rings. The summed E-state index contributed by atoms with van der Waals surface area (Å²) in [7, 11) is -0.380. The Morgan fingerprint density at radius 2 is 1.52 bits per heavy atom. The fraction of sp³-hybridized carbons (Fsp3) is 0.375. The highest BCUT2D eigenvalue weighted by molar-refractivity contribution is 6.62. The molecule has 2 amide bonds. The fourth-order valence-electron chi connectivity index (χ4n) is 4.91. The summed E-state index contributed by atoms with van der Waals surface area (Å²) in [6, 6.07) is 25.1. The second kappa shape index (κ2) is 11.5. The third-order valence-corrected chi connectivity index (χ3v) is 8.13. The largest absolute Gasteiger partial charge is 0.494 e. The maximum Gasteiger partial charge on any atom is 0.494 e. The van der Waals surface area contributed by atoms with Crippen LogP contribution in [0.15, 0.2) is 78.9 Å². The number of benzene rings is 3. The van der Waals surface area contributed by atoms with Crippen molar-refractivity contribution in [1.82, 2.24) is 10.2 Å². The van der Waals surface area contributed by atoms with Gasteiger partial charge >= 0.3 is 7.12 Å². The Morgan fingerprint density at radius 3 is 2.17 bits per heavy atom. The Bertz CT molecular complexity index is 1310. The van der Waals surface area contributed by atoms with Gasteiger partial charge in [0.05, 0.1) is 11.2 Å². The number of ether oxygens (including phenoxy) is 1. The number of likely N-dealkylation sites (tertiary alicyclic amines) is 1. The smallest absolute Gasteiger partial charge is 0.489 e. The Kier molecular flexibility index (Phi) is 8.01. The predicted molar refractivity (Wildman–Crippen MR) is 155 cm³/mol. The van der Waals surface area contributed by atoms with Crippen LogP contribution in [0.4, 0.5) is 0 Å². The molecule has 1 N–H and O–H groups in total. The first-order valence-electron chi connectivity index (χ1n) is 13.9. The molecule has 0 unspecified atom stereocenters. The Labute approximate surface area is 237 Å². The molecule has 0 saturated carbocycles. The molecule has 5 rings (SSSR count). The van der Waals surface area contributed by atoms with Crippen molar-refractivity contribution in [3.63, 3.8) is 0 Å². The second-order valence-electron chi connectivity index (χ2n) is 11.5. The monoisotopic (exact) mass is 540 g/mol. The molecule has 0 bridgehead atoms. The third kappa shape index (κ3) is 6.24. The second-order valence-corrected chi connectivity index (χ2v) is 11.5. The minimum absolute atomic E-state index is 0.0215. The molecule has 40 heavy (non-hydrogen) atoms. The lowest BCUT2D eigenvalue weighted by Gasteiger charge is -2.32.